The van der Waals surface area contributed by atoms with Crippen LogP contribution in [0.1, 0.15) is 96.8 Å². The molecule has 0 heterocycles. The van der Waals surface area contributed by atoms with Gasteiger partial charge in [-0.15, -0.1) is 0 Å². The van der Waals surface area contributed by atoms with Crippen LogP contribution in [-0.2, 0) is 26.4 Å². The van der Waals surface area contributed by atoms with Crippen molar-refractivity contribution in [3.63, 3.8) is 0 Å². The van der Waals surface area contributed by atoms with E-state index in [0.717, 1.165) is 12.8 Å². The van der Waals surface area contributed by atoms with E-state index in [2.05, 4.69) is 11.5 Å². The molecule has 0 aromatic rings. The molecule has 0 aromatic heterocycles. The molecule has 0 saturated heterocycles. The fourth-order valence-electron chi connectivity index (χ4n) is 2.29. The summed E-state index contributed by atoms with van der Waals surface area (Å²) in [7, 11) is -5.33. The molecule has 0 atom stereocenters. The third-order valence-corrected chi connectivity index (χ3v) is 3.83. The van der Waals surface area contributed by atoms with Crippen molar-refractivity contribution >= 4 is 15.0 Å². The van der Waals surface area contributed by atoms with E-state index in [-0.39, 0.29) is 17.1 Å². The van der Waals surface area contributed by atoms with Gasteiger partial charge in [-0.25, -0.2) is 0 Å². The van der Waals surface area contributed by atoms with Crippen molar-refractivity contribution in [1.29, 1.82) is 0 Å². The van der Waals surface area contributed by atoms with Crippen molar-refractivity contribution in [1.82, 2.24) is 0 Å². The minimum Gasteiger partial charge on any atom is -0.859 e. The van der Waals surface area contributed by atoms with Crippen LogP contribution < -0.4 is 14.4 Å². The molecule has 0 aliphatic rings. The summed E-state index contributed by atoms with van der Waals surface area (Å²) in [5.41, 5.74) is 0. The molecule has 25 heavy (non-hydrogen) atoms. The van der Waals surface area contributed by atoms with Gasteiger partial charge >= 0.3 is 23.0 Å². The molecule has 9 heteroatoms. The Kier molecular flexibility index (Phi) is 26.2. The first-order valence-corrected chi connectivity index (χ1v) is 10.6. The third-order valence-electron chi connectivity index (χ3n) is 3.61. The van der Waals surface area contributed by atoms with E-state index in [1.165, 1.54) is 70.6 Å². The molecule has 0 unspecified atom stereocenters. The summed E-state index contributed by atoms with van der Waals surface area (Å²) >= 11 is 0. The van der Waals surface area contributed by atoms with Gasteiger partial charge in [-0.1, -0.05) is 93.0 Å². The monoisotopic (exact) mass is 428 g/mol. The van der Waals surface area contributed by atoms with Gasteiger partial charge < -0.3 is 24.1 Å². The Morgan fingerprint density at radius 2 is 1.08 bits per heavy atom. The van der Waals surface area contributed by atoms with Crippen molar-refractivity contribution < 1.29 is 51.2 Å². The predicted molar refractivity (Wildman–Crippen MR) is 87.4 cm³/mol. The van der Waals surface area contributed by atoms with Crippen molar-refractivity contribution in [3.8, 4) is 0 Å². The molecule has 0 rings (SSSR count). The zero-order chi connectivity index (χ0) is 18.7. The molecule has 0 saturated carbocycles. The third kappa shape index (κ3) is 35.9. The quantitative estimate of drug-likeness (QED) is 0.175. The van der Waals surface area contributed by atoms with Crippen LogP contribution in [0.15, 0.2) is 0 Å². The molecular weight excluding hydrogens is 396 g/mol. The number of rotatable bonds is 15. The number of hydrogen-bond acceptors (Lipinski definition) is 6. The molecule has 154 valence electrons. The summed E-state index contributed by atoms with van der Waals surface area (Å²) in [6.45, 7) is 2.26. The Labute approximate surface area is 163 Å². The smallest absolute Gasteiger partial charge is 0.859 e. The van der Waals surface area contributed by atoms with Crippen LogP contribution in [0, 0.1) is 0 Å². The summed E-state index contributed by atoms with van der Waals surface area (Å²) in [5, 5.41) is 15.5. The molecule has 0 amide bonds. The van der Waals surface area contributed by atoms with Crippen molar-refractivity contribution in [3.05, 3.63) is 0 Å². The maximum absolute atomic E-state index is 10.3. The minimum absolute atomic E-state index is 0. The summed E-state index contributed by atoms with van der Waals surface area (Å²) < 4.78 is 2.41. The summed E-state index contributed by atoms with van der Waals surface area (Å²) in [5.74, 6) is -0.655. The van der Waals surface area contributed by atoms with E-state index in [9.17, 15) is 4.79 Å². The Morgan fingerprint density at radius 3 is 1.32 bits per heavy atom. The Balaban J connectivity index is -0.000000592. The van der Waals surface area contributed by atoms with Crippen molar-refractivity contribution in [2.24, 2.45) is 0 Å². The molecule has 2 N–H and O–H groups in total. The molecule has 0 bridgehead atoms. The van der Waals surface area contributed by atoms with Crippen LogP contribution in [0.2, 0.25) is 0 Å². The van der Waals surface area contributed by atoms with Gasteiger partial charge in [-0.3, -0.25) is 10.1 Å². The topological polar surface area (TPSA) is 136 Å². The minimum atomic E-state index is -5.33. The van der Waals surface area contributed by atoms with E-state index < -0.39 is 15.0 Å². The zero-order valence-electron chi connectivity index (χ0n) is 15.1. The summed E-state index contributed by atoms with van der Waals surface area (Å²) in [6, 6.07) is 0. The molecule has 0 fully saturated rings. The second-order valence-electron chi connectivity index (χ2n) is 5.98. The molecule has 0 spiro atoms. The standard InChI is InChI=1S/C16H32O2.Cu.HO5Si/c1-2-3-4-5-6-7-8-9-10-11-12-13-14-15-16(17)18;;1-5-6(2,3)4/h2-15H2,1H3,(H,17,18);;1H/q;+3;-3. The van der Waals surface area contributed by atoms with Gasteiger partial charge in [-0.05, 0) is 6.42 Å². The number of carboxylic acids is 1. The van der Waals surface area contributed by atoms with Gasteiger partial charge in [0.2, 0.25) is 0 Å². The van der Waals surface area contributed by atoms with Crippen LogP contribution in [-0.4, -0.2) is 25.4 Å². The van der Waals surface area contributed by atoms with E-state index in [1.54, 1.807) is 0 Å². The van der Waals surface area contributed by atoms with Crippen LogP contribution in [0.3, 0.4) is 0 Å². The first-order valence-electron chi connectivity index (χ1n) is 8.99. The summed E-state index contributed by atoms with van der Waals surface area (Å²) in [4.78, 5) is 37.4. The van der Waals surface area contributed by atoms with Gasteiger partial charge in [0.1, 0.15) is 0 Å². The predicted octanol–water partition coefficient (Wildman–Crippen LogP) is 1.54. The van der Waals surface area contributed by atoms with Gasteiger partial charge in [0.15, 0.2) is 0 Å². The number of hydrogen-bond donors (Lipinski definition) is 2. The fourth-order valence-corrected chi connectivity index (χ4v) is 2.29. The second kappa shape index (κ2) is 22.0. The number of carbonyl (C=O) groups is 1. The van der Waals surface area contributed by atoms with Crippen molar-refractivity contribution in [2.75, 3.05) is 0 Å². The maximum atomic E-state index is 10.3. The van der Waals surface area contributed by atoms with E-state index in [4.69, 9.17) is 24.8 Å². The molecule has 0 aliphatic heterocycles. The zero-order valence-corrected chi connectivity index (χ0v) is 17.1. The number of unbranched alkanes of at least 4 members (excludes halogenated alkanes) is 12. The van der Waals surface area contributed by atoms with Crippen LogP contribution in [0.25, 0.3) is 0 Å². The second-order valence-corrected chi connectivity index (χ2v) is 7.16. The SMILES string of the molecule is CCCCCCCCCCCCCCCC(=O)O.[Cu+3].[O-][Si]([O-])([O-])OO. The molecular formula is C16H33CuO7Si. The molecule has 7 nitrogen and oxygen atoms in total. The van der Waals surface area contributed by atoms with E-state index in [0.29, 0.717) is 6.42 Å². The largest absolute Gasteiger partial charge is 3.00 e. The fraction of sp³-hybridized carbons (Fsp3) is 0.938. The Hall–Kier alpha value is 0.00636. The maximum Gasteiger partial charge on any atom is 3.00 e. The first-order chi connectivity index (χ1) is 11.3. The summed E-state index contributed by atoms with van der Waals surface area (Å²) in [6.07, 6.45) is 17.3. The molecule has 0 radical (unpaired) electrons. The van der Waals surface area contributed by atoms with E-state index in [1.807, 2.05) is 0 Å². The van der Waals surface area contributed by atoms with Gasteiger partial charge in [-0.2, -0.15) is 0 Å². The van der Waals surface area contributed by atoms with Gasteiger partial charge in [0.05, 0.1) is 0 Å². The van der Waals surface area contributed by atoms with Crippen LogP contribution in [0.5, 0.6) is 0 Å². The van der Waals surface area contributed by atoms with Crippen LogP contribution >= 0.6 is 0 Å². The number of carboxylic acid groups (broad SMARTS) is 1. The Morgan fingerprint density at radius 1 is 0.800 bits per heavy atom. The average molecular weight is 429 g/mol. The van der Waals surface area contributed by atoms with Gasteiger partial charge in [0.25, 0.3) is 0 Å². The first kappa shape index (κ1) is 29.8. The normalized spacial score (nSPS) is 10.6. The molecule has 0 aromatic carbocycles. The van der Waals surface area contributed by atoms with Gasteiger partial charge in [0, 0.05) is 6.42 Å². The average Bonchev–Trinajstić information content (AvgIpc) is 2.51. The molecule has 0 aliphatic carbocycles. The van der Waals surface area contributed by atoms with Crippen LogP contribution in [0.4, 0.5) is 0 Å². The van der Waals surface area contributed by atoms with E-state index >= 15 is 0 Å². The number of aliphatic carboxylic acids is 1. The van der Waals surface area contributed by atoms with Crippen molar-refractivity contribution in [2.45, 2.75) is 96.8 Å². The Bertz CT molecular complexity index is 276.